The lowest BCUT2D eigenvalue weighted by Gasteiger charge is -2.34. The fraction of sp³-hybridized carbons (Fsp3) is 0.360. The summed E-state index contributed by atoms with van der Waals surface area (Å²) in [5.74, 6) is -0.403. The summed E-state index contributed by atoms with van der Waals surface area (Å²) < 4.78 is 11.6. The van der Waals surface area contributed by atoms with Crippen molar-refractivity contribution in [2.24, 2.45) is 0 Å². The van der Waals surface area contributed by atoms with Crippen molar-refractivity contribution in [1.29, 1.82) is 0 Å². The van der Waals surface area contributed by atoms with Crippen LogP contribution in [-0.4, -0.2) is 90.6 Å². The van der Waals surface area contributed by atoms with Crippen LogP contribution in [0.2, 0.25) is 0 Å². The molecule has 192 valence electrons. The lowest BCUT2D eigenvalue weighted by molar-refractivity contribution is -0.143. The van der Waals surface area contributed by atoms with Gasteiger partial charge in [0.1, 0.15) is 56.4 Å². The average Bonchev–Trinajstić information content (AvgIpc) is 3.23. The molecule has 0 aromatic heterocycles. The Bertz CT molecular complexity index is 1350. The molecule has 4 amide bonds. The van der Waals surface area contributed by atoms with E-state index >= 15 is 0 Å². The monoisotopic (exact) mass is 511 g/mol. The highest BCUT2D eigenvalue weighted by Gasteiger charge is 2.40. The molecule has 5 rings (SSSR count). The number of ether oxygens (including phenoxy) is 2. The molecule has 3 aliphatic rings. The van der Waals surface area contributed by atoms with E-state index in [-0.39, 0.29) is 43.2 Å². The number of nitrogens with zero attached hydrogens (tertiary/aromatic N) is 2. The average molecular weight is 511 g/mol. The summed E-state index contributed by atoms with van der Waals surface area (Å²) >= 11 is 0. The summed E-state index contributed by atoms with van der Waals surface area (Å²) in [6, 6.07) is 6.85. The summed E-state index contributed by atoms with van der Waals surface area (Å²) in [5.41, 5.74) is 6.77. The zero-order chi connectivity index (χ0) is 27.1. The maximum absolute atomic E-state index is 13.1. The van der Waals surface area contributed by atoms with Gasteiger partial charge in [-0.1, -0.05) is 28.5 Å². The van der Waals surface area contributed by atoms with E-state index < -0.39 is 11.9 Å². The molecule has 1 N–H and O–H groups in total. The van der Waals surface area contributed by atoms with E-state index in [1.54, 1.807) is 12.1 Å². The van der Waals surface area contributed by atoms with E-state index in [9.17, 15) is 19.2 Å². The number of nitrogens with one attached hydrogen (secondary N) is 1. The molecule has 3 heterocycles. The van der Waals surface area contributed by atoms with E-state index in [0.29, 0.717) is 37.5 Å². The van der Waals surface area contributed by atoms with E-state index in [0.717, 1.165) is 33.1 Å². The molecular weight excluding hydrogens is 482 g/mol. The van der Waals surface area contributed by atoms with Crippen molar-refractivity contribution < 1.29 is 28.7 Å². The number of carbonyl (C=O) groups is 4. The second-order valence-electron chi connectivity index (χ2n) is 10.3. The molecule has 2 fully saturated rings. The molecule has 2 aromatic carbocycles. The molecule has 2 atom stereocenters. The van der Waals surface area contributed by atoms with Gasteiger partial charge in [-0.05, 0) is 29.7 Å². The molecule has 38 heavy (non-hydrogen) atoms. The van der Waals surface area contributed by atoms with E-state index in [1.807, 2.05) is 18.8 Å². The molecule has 2 aromatic rings. The molecular formula is C25H29B4N3O6. The Morgan fingerprint density at radius 3 is 2.66 bits per heavy atom. The number of imide groups is 1. The molecule has 0 aliphatic carbocycles. The van der Waals surface area contributed by atoms with E-state index in [4.69, 9.17) is 9.47 Å². The second-order valence-corrected chi connectivity index (χ2v) is 10.3. The normalized spacial score (nSPS) is 20.4. The summed E-state index contributed by atoms with van der Waals surface area (Å²) in [4.78, 5) is 52.9. The third-order valence-corrected chi connectivity index (χ3v) is 8.15. The topological polar surface area (TPSA) is 105 Å². The first-order chi connectivity index (χ1) is 18.2. The van der Waals surface area contributed by atoms with Crippen LogP contribution < -0.4 is 26.4 Å². The smallest absolute Gasteiger partial charge is 0.255 e. The zero-order valence-corrected chi connectivity index (χ0v) is 22.3. The van der Waals surface area contributed by atoms with E-state index in [2.05, 4.69) is 34.9 Å². The first-order valence-corrected chi connectivity index (χ1v) is 13.0. The Kier molecular flexibility index (Phi) is 7.13. The number of fused-ring (bicyclic) bond motifs is 1. The van der Waals surface area contributed by atoms with Gasteiger partial charge in [-0.2, -0.15) is 0 Å². The first kappa shape index (κ1) is 26.2. The van der Waals surface area contributed by atoms with Crippen molar-refractivity contribution in [2.45, 2.75) is 38.0 Å². The summed E-state index contributed by atoms with van der Waals surface area (Å²) in [6.07, 6.45) is 0.533. The van der Waals surface area contributed by atoms with Crippen LogP contribution in [0.25, 0.3) is 0 Å². The first-order valence-electron chi connectivity index (χ1n) is 13.0. The number of hydrogen-bond acceptors (Lipinski definition) is 6. The van der Waals surface area contributed by atoms with Crippen molar-refractivity contribution in [1.82, 2.24) is 15.1 Å². The van der Waals surface area contributed by atoms with Gasteiger partial charge in [0.15, 0.2) is 0 Å². The Morgan fingerprint density at radius 1 is 1.13 bits per heavy atom. The molecule has 2 unspecified atom stereocenters. The van der Waals surface area contributed by atoms with Crippen LogP contribution in [0.4, 0.5) is 0 Å². The highest BCUT2D eigenvalue weighted by atomic mass is 16.5. The molecule has 0 bridgehead atoms. The second kappa shape index (κ2) is 10.4. The number of carbonyl (C=O) groups excluding carboxylic acids is 4. The third-order valence-electron chi connectivity index (χ3n) is 8.15. The maximum atomic E-state index is 13.1. The standard InChI is InChI=1S/C25H29B4N3O6/c26-16-8-13(23(29)31-6-7-37-11-20(31)34)21(27)22(28)15(16)10-38-18-3-1-2-12-14(18)9-32(25(12)36)17-4-5-19(33)30-24(17)35/h1-3,8,17,23H,4-7,9-11,26-29H2,(H,30,33,35). The molecule has 0 radical (unpaired) electrons. The van der Waals surface area contributed by atoms with Crippen LogP contribution in [-0.2, 0) is 32.3 Å². The van der Waals surface area contributed by atoms with Gasteiger partial charge < -0.3 is 19.3 Å². The predicted octanol–water partition coefficient (Wildman–Crippen LogP) is -4.71. The maximum Gasteiger partial charge on any atom is 0.255 e. The summed E-state index contributed by atoms with van der Waals surface area (Å²) in [7, 11) is 8.25. The van der Waals surface area contributed by atoms with E-state index in [1.165, 1.54) is 4.90 Å². The fourth-order valence-electron chi connectivity index (χ4n) is 5.77. The minimum atomic E-state index is -0.666. The molecule has 3 aliphatic heterocycles. The van der Waals surface area contributed by atoms with Gasteiger partial charge in [0, 0.05) is 30.0 Å². The quantitative estimate of drug-likeness (QED) is 0.309. The minimum absolute atomic E-state index is 0.00435. The Labute approximate surface area is 225 Å². The van der Waals surface area contributed by atoms with Gasteiger partial charge in [-0.3, -0.25) is 24.5 Å². The number of hydrogen-bond donors (Lipinski definition) is 1. The van der Waals surface area contributed by atoms with Gasteiger partial charge in [0.2, 0.25) is 17.7 Å². The van der Waals surface area contributed by atoms with Crippen LogP contribution in [0.5, 0.6) is 5.75 Å². The molecule has 2 saturated heterocycles. The van der Waals surface area contributed by atoms with Crippen molar-refractivity contribution in [3.05, 3.63) is 46.5 Å². The van der Waals surface area contributed by atoms with Gasteiger partial charge in [-0.25, -0.2) is 0 Å². The van der Waals surface area contributed by atoms with Crippen LogP contribution >= 0.6 is 0 Å². The minimum Gasteiger partial charge on any atom is -0.489 e. The predicted molar refractivity (Wildman–Crippen MR) is 152 cm³/mol. The molecule has 9 nitrogen and oxygen atoms in total. The summed E-state index contributed by atoms with van der Waals surface area (Å²) in [5, 5.41) is 2.34. The number of rotatable bonds is 6. The number of benzene rings is 2. The SMILES string of the molecule is Bc1cc(C(B)N2CCOCC2=O)c(B)c(B)c1COc1cccc2c1CN(C1CCC(=O)NC1=O)C2=O. The van der Waals surface area contributed by atoms with Crippen molar-refractivity contribution >= 4 is 71.4 Å². The van der Waals surface area contributed by atoms with Crippen LogP contribution in [0.1, 0.15) is 45.8 Å². The fourth-order valence-corrected chi connectivity index (χ4v) is 5.77. The third kappa shape index (κ3) is 4.64. The molecule has 0 spiro atoms. The van der Waals surface area contributed by atoms with Gasteiger partial charge in [-0.15, -0.1) is 0 Å². The van der Waals surface area contributed by atoms with Crippen molar-refractivity contribution in [3.63, 3.8) is 0 Å². The largest absolute Gasteiger partial charge is 0.489 e. The number of amides is 4. The Morgan fingerprint density at radius 2 is 1.92 bits per heavy atom. The number of piperidine rings is 1. The Hall–Kier alpha value is -3.46. The highest BCUT2D eigenvalue weighted by molar-refractivity contribution is 6.52. The molecule has 0 saturated carbocycles. The van der Waals surface area contributed by atoms with Crippen LogP contribution in [0.15, 0.2) is 24.3 Å². The lowest BCUT2D eigenvalue weighted by Crippen LogP contribution is -2.52. The van der Waals surface area contributed by atoms with Gasteiger partial charge >= 0.3 is 0 Å². The molecule has 13 heteroatoms. The lowest BCUT2D eigenvalue weighted by atomic mass is 9.67. The zero-order valence-electron chi connectivity index (χ0n) is 22.3. The van der Waals surface area contributed by atoms with Gasteiger partial charge in [0.25, 0.3) is 5.91 Å². The highest BCUT2D eigenvalue weighted by Crippen LogP contribution is 2.33. The van der Waals surface area contributed by atoms with Crippen molar-refractivity contribution in [2.75, 3.05) is 19.8 Å². The van der Waals surface area contributed by atoms with Crippen molar-refractivity contribution in [3.8, 4) is 5.75 Å². The van der Waals surface area contributed by atoms with Gasteiger partial charge in [0.05, 0.1) is 13.2 Å². The summed E-state index contributed by atoms with van der Waals surface area (Å²) in [6.45, 7) is 1.84. The van der Waals surface area contributed by atoms with Crippen LogP contribution in [0, 0.1) is 0 Å². The Balaban J connectivity index is 1.35. The number of morpholine rings is 1. The van der Waals surface area contributed by atoms with Crippen LogP contribution in [0.3, 0.4) is 0 Å².